The number of aliphatic hydroxyl groups is 1. The van der Waals surface area contributed by atoms with Gasteiger partial charge < -0.3 is 20.1 Å². The number of carbonyl (C=O) groups excluding carboxylic acids is 1. The number of aliphatic hydroxyl groups excluding tert-OH is 1. The van der Waals surface area contributed by atoms with Gasteiger partial charge in [0.15, 0.2) is 0 Å². The van der Waals surface area contributed by atoms with E-state index in [2.05, 4.69) is 52.0 Å². The zero-order valence-corrected chi connectivity index (χ0v) is 20.5. The number of aromatic amines is 1. The number of nitrogens with one attached hydrogen (secondary N) is 3. The fourth-order valence-corrected chi connectivity index (χ4v) is 4.88. The lowest BCUT2D eigenvalue weighted by molar-refractivity contribution is 0.0436. The molecular formula is C29H34N4O3. The van der Waals surface area contributed by atoms with Crippen molar-refractivity contribution in [3.63, 3.8) is 0 Å². The molecule has 1 aliphatic rings. The molecule has 1 fully saturated rings. The van der Waals surface area contributed by atoms with E-state index < -0.39 is 0 Å². The Morgan fingerprint density at radius 1 is 1.06 bits per heavy atom. The number of nitrogens with zero attached hydrogens (tertiary/aromatic N) is 1. The van der Waals surface area contributed by atoms with E-state index in [0.717, 1.165) is 53.3 Å². The lowest BCUT2D eigenvalue weighted by atomic mass is 10.1. The van der Waals surface area contributed by atoms with Gasteiger partial charge in [0, 0.05) is 23.1 Å². The molecule has 0 unspecified atom stereocenters. The Hall–Kier alpha value is -3.39. The average Bonchev–Trinajstić information content (AvgIpc) is 3.33. The zero-order chi connectivity index (χ0) is 24.7. The lowest BCUT2D eigenvalue weighted by Gasteiger charge is -2.29. The summed E-state index contributed by atoms with van der Waals surface area (Å²) >= 11 is 0. The maximum absolute atomic E-state index is 13.2. The largest absolute Gasteiger partial charge is 0.446 e. The van der Waals surface area contributed by atoms with Gasteiger partial charge in [0.1, 0.15) is 6.10 Å². The van der Waals surface area contributed by atoms with Crippen molar-refractivity contribution < 1.29 is 14.6 Å². The first-order valence-electron chi connectivity index (χ1n) is 12.7. The Balaban J connectivity index is 1.29. The van der Waals surface area contributed by atoms with E-state index in [1.807, 2.05) is 36.5 Å². The fraction of sp³-hybridized carbons (Fsp3) is 0.345. The predicted molar refractivity (Wildman–Crippen MR) is 143 cm³/mol. The first-order chi connectivity index (χ1) is 17.7. The van der Waals surface area contributed by atoms with Gasteiger partial charge >= 0.3 is 6.09 Å². The van der Waals surface area contributed by atoms with Gasteiger partial charge in [-0.3, -0.25) is 10.2 Å². The summed E-state index contributed by atoms with van der Waals surface area (Å²) in [4.78, 5) is 18.2. The van der Waals surface area contributed by atoms with Crippen LogP contribution in [-0.2, 0) is 17.7 Å². The molecule has 188 valence electrons. The van der Waals surface area contributed by atoms with Crippen LogP contribution in [0, 0.1) is 0 Å². The van der Waals surface area contributed by atoms with E-state index in [1.54, 1.807) is 4.90 Å². The standard InChI is InChI=1S/C29H34N4O3/c34-19-25(16-24-17-31-28-8-4-3-7-27(24)28)32-20-33(29(35)36-26-11-13-30-14-12-26)18-21-9-10-22-5-1-2-6-23(22)15-21/h1-10,15,17,25-26,30-32,34H,11-14,16,18-20H2/t25-/m1/s1. The van der Waals surface area contributed by atoms with E-state index in [1.165, 1.54) is 5.39 Å². The highest BCUT2D eigenvalue weighted by atomic mass is 16.6. The minimum absolute atomic E-state index is 0.0351. The van der Waals surface area contributed by atoms with Crippen LogP contribution in [0.15, 0.2) is 72.9 Å². The molecule has 1 aliphatic heterocycles. The lowest BCUT2D eigenvalue weighted by Crippen LogP contribution is -2.46. The summed E-state index contributed by atoms with van der Waals surface area (Å²) < 4.78 is 5.88. The molecule has 7 nitrogen and oxygen atoms in total. The second-order valence-electron chi connectivity index (χ2n) is 9.52. The summed E-state index contributed by atoms with van der Waals surface area (Å²) in [5.74, 6) is 0. The quantitative estimate of drug-likeness (QED) is 0.267. The van der Waals surface area contributed by atoms with Gasteiger partial charge in [-0.15, -0.1) is 0 Å². The Morgan fingerprint density at radius 3 is 2.67 bits per heavy atom. The Bertz CT molecular complexity index is 1300. The summed E-state index contributed by atoms with van der Waals surface area (Å²) in [6.07, 6.45) is 3.89. The Labute approximate surface area is 211 Å². The monoisotopic (exact) mass is 486 g/mol. The van der Waals surface area contributed by atoms with Crippen LogP contribution >= 0.6 is 0 Å². The third kappa shape index (κ3) is 5.87. The van der Waals surface area contributed by atoms with Crippen LogP contribution in [0.2, 0.25) is 0 Å². The molecule has 0 aliphatic carbocycles. The summed E-state index contributed by atoms with van der Waals surface area (Å²) in [7, 11) is 0. The van der Waals surface area contributed by atoms with Crippen molar-refractivity contribution in [2.24, 2.45) is 0 Å². The number of amides is 1. The molecule has 5 rings (SSSR count). The normalized spacial score (nSPS) is 15.2. The van der Waals surface area contributed by atoms with E-state index in [9.17, 15) is 9.90 Å². The van der Waals surface area contributed by atoms with Crippen LogP contribution < -0.4 is 10.6 Å². The predicted octanol–water partition coefficient (Wildman–Crippen LogP) is 4.16. The third-order valence-electron chi connectivity index (χ3n) is 6.93. The van der Waals surface area contributed by atoms with Gasteiger partial charge in [0.2, 0.25) is 0 Å². The number of carbonyl (C=O) groups is 1. The van der Waals surface area contributed by atoms with Crippen LogP contribution in [0.3, 0.4) is 0 Å². The number of benzene rings is 3. The van der Waals surface area contributed by atoms with Crippen molar-refractivity contribution in [2.45, 2.75) is 38.0 Å². The van der Waals surface area contributed by atoms with E-state index >= 15 is 0 Å². The van der Waals surface area contributed by atoms with Crippen LogP contribution in [0.5, 0.6) is 0 Å². The molecule has 0 radical (unpaired) electrons. The van der Waals surface area contributed by atoms with Crippen molar-refractivity contribution in [2.75, 3.05) is 26.4 Å². The Morgan fingerprint density at radius 2 is 1.83 bits per heavy atom. The molecule has 3 aromatic carbocycles. The van der Waals surface area contributed by atoms with E-state index in [4.69, 9.17) is 4.74 Å². The maximum atomic E-state index is 13.2. The molecule has 1 amide bonds. The molecule has 1 atom stereocenters. The highest BCUT2D eigenvalue weighted by Gasteiger charge is 2.23. The first kappa shape index (κ1) is 24.3. The summed E-state index contributed by atoms with van der Waals surface area (Å²) in [6, 6.07) is 22.4. The molecule has 1 saturated heterocycles. The van der Waals surface area contributed by atoms with Crippen molar-refractivity contribution in [1.82, 2.24) is 20.5 Å². The SMILES string of the molecule is O=C(OC1CCNCC1)N(CN[C@@H](CO)Cc1c[nH]c2ccccc12)Cc1ccc2ccccc2c1. The molecule has 2 heterocycles. The van der Waals surface area contributed by atoms with Gasteiger partial charge in [-0.2, -0.15) is 0 Å². The molecular weight excluding hydrogens is 452 g/mol. The highest BCUT2D eigenvalue weighted by molar-refractivity contribution is 5.83. The summed E-state index contributed by atoms with van der Waals surface area (Å²) in [6.45, 7) is 2.39. The van der Waals surface area contributed by atoms with Crippen LogP contribution in [0.1, 0.15) is 24.0 Å². The minimum Gasteiger partial charge on any atom is -0.446 e. The van der Waals surface area contributed by atoms with Gasteiger partial charge in [0.05, 0.1) is 19.8 Å². The second-order valence-corrected chi connectivity index (χ2v) is 9.52. The maximum Gasteiger partial charge on any atom is 0.411 e. The highest BCUT2D eigenvalue weighted by Crippen LogP contribution is 2.20. The zero-order valence-electron chi connectivity index (χ0n) is 20.5. The summed E-state index contributed by atoms with van der Waals surface area (Å²) in [5.41, 5.74) is 3.25. The molecule has 4 aromatic rings. The van der Waals surface area contributed by atoms with Gasteiger partial charge in [-0.25, -0.2) is 4.79 Å². The van der Waals surface area contributed by atoms with E-state index in [-0.39, 0.29) is 31.5 Å². The molecule has 0 spiro atoms. The van der Waals surface area contributed by atoms with Crippen LogP contribution in [0.4, 0.5) is 4.79 Å². The molecule has 1 aromatic heterocycles. The number of ether oxygens (including phenoxy) is 1. The van der Waals surface area contributed by atoms with Crippen molar-refractivity contribution in [3.8, 4) is 0 Å². The minimum atomic E-state index is -0.327. The topological polar surface area (TPSA) is 89.6 Å². The smallest absolute Gasteiger partial charge is 0.411 e. The molecule has 7 heteroatoms. The van der Waals surface area contributed by atoms with E-state index in [0.29, 0.717) is 13.0 Å². The number of hydrogen-bond acceptors (Lipinski definition) is 5. The number of hydrogen-bond donors (Lipinski definition) is 4. The fourth-order valence-electron chi connectivity index (χ4n) is 4.88. The average molecular weight is 487 g/mol. The third-order valence-corrected chi connectivity index (χ3v) is 6.93. The van der Waals surface area contributed by atoms with Gasteiger partial charge in [-0.05, 0) is 66.4 Å². The van der Waals surface area contributed by atoms with Crippen molar-refractivity contribution in [1.29, 1.82) is 0 Å². The molecule has 36 heavy (non-hydrogen) atoms. The summed E-state index contributed by atoms with van der Waals surface area (Å²) in [5, 5.41) is 20.3. The molecule has 0 saturated carbocycles. The number of aromatic nitrogens is 1. The molecule has 0 bridgehead atoms. The number of rotatable bonds is 9. The van der Waals surface area contributed by atoms with Gasteiger partial charge in [-0.1, -0.05) is 54.6 Å². The number of H-pyrrole nitrogens is 1. The number of fused-ring (bicyclic) bond motifs is 2. The van der Waals surface area contributed by atoms with Crippen LogP contribution in [0.25, 0.3) is 21.7 Å². The number of para-hydroxylation sites is 1. The van der Waals surface area contributed by atoms with Crippen molar-refractivity contribution in [3.05, 3.63) is 84.1 Å². The van der Waals surface area contributed by atoms with Crippen molar-refractivity contribution >= 4 is 27.8 Å². The van der Waals surface area contributed by atoms with Gasteiger partial charge in [0.25, 0.3) is 0 Å². The molecule has 4 N–H and O–H groups in total. The first-order valence-corrected chi connectivity index (χ1v) is 12.7. The number of piperidine rings is 1. The Kier molecular flexibility index (Phi) is 7.81. The second kappa shape index (κ2) is 11.6. The van der Waals surface area contributed by atoms with Crippen LogP contribution in [-0.4, -0.2) is 59.6 Å².